The third kappa shape index (κ3) is 6.99. The molecule has 0 aromatic heterocycles. The lowest BCUT2D eigenvalue weighted by molar-refractivity contribution is -0.119. The van der Waals surface area contributed by atoms with Gasteiger partial charge in [-0.3, -0.25) is 9.10 Å². The van der Waals surface area contributed by atoms with Gasteiger partial charge in [0.25, 0.3) is 15.9 Å². The summed E-state index contributed by atoms with van der Waals surface area (Å²) in [5, 5.41) is 6.34. The zero-order valence-corrected chi connectivity index (χ0v) is 25.0. The number of carbonyl (C=O) groups is 1. The third-order valence-corrected chi connectivity index (χ3v) is 8.60. The summed E-state index contributed by atoms with van der Waals surface area (Å²) < 4.78 is 45.0. The van der Waals surface area contributed by atoms with Crippen molar-refractivity contribution in [2.75, 3.05) is 25.1 Å². The number of hydrazone groups is 1. The first-order chi connectivity index (χ1) is 21.4. The molecule has 5 aromatic rings. The molecule has 0 spiro atoms. The van der Waals surface area contributed by atoms with Gasteiger partial charge < -0.3 is 14.2 Å². The van der Waals surface area contributed by atoms with E-state index in [2.05, 4.69) is 28.7 Å². The number of methoxy groups -OCH3 is 2. The summed E-state index contributed by atoms with van der Waals surface area (Å²) in [5.41, 5.74) is 4.37. The Bertz CT molecular complexity index is 1870. The van der Waals surface area contributed by atoms with Crippen molar-refractivity contribution in [3.8, 4) is 17.2 Å². The van der Waals surface area contributed by atoms with Gasteiger partial charge in [0.2, 0.25) is 0 Å². The predicted octanol–water partition coefficient (Wildman–Crippen LogP) is 5.78. The normalized spacial score (nSPS) is 11.3. The average molecular weight is 610 g/mol. The Kier molecular flexibility index (Phi) is 9.41. The minimum absolute atomic E-state index is 0.0175. The Morgan fingerprint density at radius 1 is 0.818 bits per heavy atom. The summed E-state index contributed by atoms with van der Waals surface area (Å²) in [6.07, 6.45) is 1.47. The van der Waals surface area contributed by atoms with Gasteiger partial charge in [0.1, 0.15) is 30.4 Å². The fourth-order valence-electron chi connectivity index (χ4n) is 4.59. The lowest BCUT2D eigenvalue weighted by atomic mass is 10.1. The van der Waals surface area contributed by atoms with E-state index in [1.807, 2.05) is 36.4 Å². The monoisotopic (exact) mass is 609 g/mol. The molecule has 5 aromatic carbocycles. The minimum Gasteiger partial charge on any atom is -0.497 e. The van der Waals surface area contributed by atoms with Crippen LogP contribution in [0.5, 0.6) is 17.2 Å². The molecule has 1 amide bonds. The molecule has 10 heteroatoms. The molecule has 0 heterocycles. The maximum Gasteiger partial charge on any atom is 0.264 e. The van der Waals surface area contributed by atoms with Crippen molar-refractivity contribution in [1.29, 1.82) is 0 Å². The van der Waals surface area contributed by atoms with Crippen molar-refractivity contribution >= 4 is 38.6 Å². The van der Waals surface area contributed by atoms with Gasteiger partial charge in [0.05, 0.1) is 31.0 Å². The predicted molar refractivity (Wildman–Crippen MR) is 171 cm³/mol. The Balaban J connectivity index is 1.26. The van der Waals surface area contributed by atoms with E-state index in [1.54, 1.807) is 42.5 Å². The molecule has 5 rings (SSSR count). The van der Waals surface area contributed by atoms with Crippen molar-refractivity contribution in [1.82, 2.24) is 5.43 Å². The zero-order valence-electron chi connectivity index (χ0n) is 24.2. The molecule has 9 nitrogen and oxygen atoms in total. The molecule has 224 valence electrons. The van der Waals surface area contributed by atoms with E-state index >= 15 is 0 Å². The molecule has 0 aliphatic rings. The number of nitrogens with one attached hydrogen (secondary N) is 1. The van der Waals surface area contributed by atoms with E-state index in [-0.39, 0.29) is 16.3 Å². The number of benzene rings is 5. The van der Waals surface area contributed by atoms with Crippen LogP contribution >= 0.6 is 0 Å². The maximum absolute atomic E-state index is 13.7. The van der Waals surface area contributed by atoms with E-state index in [0.29, 0.717) is 23.7 Å². The number of fused-ring (bicyclic) bond motifs is 1. The number of ether oxygens (including phenoxy) is 3. The molecule has 0 unspecified atom stereocenters. The molecular formula is C34H31N3O6S. The zero-order chi connectivity index (χ0) is 30.9. The summed E-state index contributed by atoms with van der Waals surface area (Å²) in [7, 11) is -1.27. The van der Waals surface area contributed by atoms with Crippen LogP contribution in [0.25, 0.3) is 10.8 Å². The van der Waals surface area contributed by atoms with Crippen LogP contribution in [0.2, 0.25) is 0 Å². The van der Waals surface area contributed by atoms with Gasteiger partial charge in [-0.1, -0.05) is 60.7 Å². The number of carbonyl (C=O) groups excluding carboxylic acids is 1. The smallest absolute Gasteiger partial charge is 0.264 e. The largest absolute Gasteiger partial charge is 0.497 e. The van der Waals surface area contributed by atoms with Gasteiger partial charge in [-0.15, -0.1) is 0 Å². The second-order valence-corrected chi connectivity index (χ2v) is 11.5. The SMILES string of the molecule is COc1ccc(OC)c(N(CC(=O)N/N=C/c2ccc(OCc3cccc4ccccc34)cc2)S(=O)(=O)c2ccccc2)c1. The van der Waals surface area contributed by atoms with Crippen LogP contribution in [-0.2, 0) is 21.4 Å². The van der Waals surface area contributed by atoms with Gasteiger partial charge in [0.15, 0.2) is 0 Å². The Hall–Kier alpha value is -5.35. The van der Waals surface area contributed by atoms with Crippen LogP contribution in [-0.4, -0.2) is 41.3 Å². The van der Waals surface area contributed by atoms with Crippen molar-refractivity contribution < 1.29 is 27.4 Å². The Morgan fingerprint density at radius 3 is 2.27 bits per heavy atom. The van der Waals surface area contributed by atoms with Crippen molar-refractivity contribution in [2.24, 2.45) is 5.10 Å². The number of amides is 1. The first-order valence-electron chi connectivity index (χ1n) is 13.7. The first kappa shape index (κ1) is 30.1. The van der Waals surface area contributed by atoms with Crippen molar-refractivity contribution in [3.05, 3.63) is 126 Å². The molecule has 0 saturated heterocycles. The first-order valence-corrected chi connectivity index (χ1v) is 15.1. The van der Waals surface area contributed by atoms with Crippen molar-refractivity contribution in [3.63, 3.8) is 0 Å². The van der Waals surface area contributed by atoms with E-state index in [0.717, 1.165) is 20.6 Å². The van der Waals surface area contributed by atoms with Crippen LogP contribution in [0.3, 0.4) is 0 Å². The third-order valence-electron chi connectivity index (χ3n) is 6.83. The van der Waals surface area contributed by atoms with Crippen LogP contribution < -0.4 is 23.9 Å². The maximum atomic E-state index is 13.7. The van der Waals surface area contributed by atoms with E-state index in [9.17, 15) is 13.2 Å². The highest BCUT2D eigenvalue weighted by Crippen LogP contribution is 2.35. The Labute approximate surface area is 256 Å². The molecule has 0 aliphatic carbocycles. The van der Waals surface area contributed by atoms with Gasteiger partial charge in [-0.2, -0.15) is 5.10 Å². The average Bonchev–Trinajstić information content (AvgIpc) is 3.07. The van der Waals surface area contributed by atoms with Crippen LogP contribution in [0, 0.1) is 0 Å². The second-order valence-electron chi connectivity index (χ2n) is 9.65. The quantitative estimate of drug-likeness (QED) is 0.142. The lowest BCUT2D eigenvalue weighted by Gasteiger charge is -2.25. The fourth-order valence-corrected chi connectivity index (χ4v) is 6.03. The second kappa shape index (κ2) is 13.7. The molecular weight excluding hydrogens is 578 g/mol. The number of nitrogens with zero attached hydrogens (tertiary/aromatic N) is 2. The summed E-state index contributed by atoms with van der Waals surface area (Å²) in [6, 6.07) is 34.1. The van der Waals surface area contributed by atoms with Crippen molar-refractivity contribution in [2.45, 2.75) is 11.5 Å². The van der Waals surface area contributed by atoms with Crippen LogP contribution in [0.1, 0.15) is 11.1 Å². The minimum atomic E-state index is -4.16. The molecule has 44 heavy (non-hydrogen) atoms. The molecule has 1 N–H and O–H groups in total. The fraction of sp³-hybridized carbons (Fsp3) is 0.118. The number of anilines is 1. The summed E-state index contributed by atoms with van der Waals surface area (Å²) in [4.78, 5) is 13.0. The Morgan fingerprint density at radius 2 is 1.52 bits per heavy atom. The van der Waals surface area contributed by atoms with Gasteiger partial charge in [0, 0.05) is 6.07 Å². The summed E-state index contributed by atoms with van der Waals surface area (Å²) in [6.45, 7) is -0.135. The molecule has 0 aliphatic heterocycles. The van der Waals surface area contributed by atoms with Gasteiger partial charge in [-0.05, 0) is 70.4 Å². The topological polar surface area (TPSA) is 107 Å². The number of sulfonamides is 1. The highest BCUT2D eigenvalue weighted by molar-refractivity contribution is 7.92. The molecule has 0 radical (unpaired) electrons. The number of rotatable bonds is 12. The molecule has 0 saturated carbocycles. The highest BCUT2D eigenvalue weighted by Gasteiger charge is 2.29. The molecule has 0 bridgehead atoms. The van der Waals surface area contributed by atoms with Gasteiger partial charge in [-0.25, -0.2) is 13.8 Å². The van der Waals surface area contributed by atoms with Crippen LogP contribution in [0.4, 0.5) is 5.69 Å². The molecule has 0 atom stereocenters. The summed E-state index contributed by atoms with van der Waals surface area (Å²) >= 11 is 0. The lowest BCUT2D eigenvalue weighted by Crippen LogP contribution is -2.39. The number of hydrogen-bond donors (Lipinski definition) is 1. The van der Waals surface area contributed by atoms with E-state index < -0.39 is 22.5 Å². The van der Waals surface area contributed by atoms with Crippen LogP contribution in [0.15, 0.2) is 125 Å². The van der Waals surface area contributed by atoms with Gasteiger partial charge >= 0.3 is 0 Å². The van der Waals surface area contributed by atoms with E-state index in [4.69, 9.17) is 14.2 Å². The standard InChI is InChI=1S/C34H31N3O6S/c1-41-29-19-20-33(42-2)32(21-29)37(44(39,40)30-12-4-3-5-13-30)23-34(38)36-35-22-25-15-17-28(18-16-25)43-24-27-11-8-10-26-9-6-7-14-31(26)27/h3-22H,23-24H2,1-2H3,(H,36,38)/b35-22+. The molecule has 0 fully saturated rings. The number of hydrogen-bond acceptors (Lipinski definition) is 7. The van der Waals surface area contributed by atoms with E-state index in [1.165, 1.54) is 38.6 Å². The highest BCUT2D eigenvalue weighted by atomic mass is 32.2. The summed E-state index contributed by atoms with van der Waals surface area (Å²) in [5.74, 6) is 0.690.